The fraction of sp³-hybridized carbons (Fsp3) is 0.357. The summed E-state index contributed by atoms with van der Waals surface area (Å²) in [4.78, 5) is 42.3. The molecule has 8 heteroatoms. The first-order valence-corrected chi connectivity index (χ1v) is 12.2. The van der Waals surface area contributed by atoms with Gasteiger partial charge in [-0.05, 0) is 48.9 Å². The Morgan fingerprint density at radius 3 is 2.25 bits per heavy atom. The van der Waals surface area contributed by atoms with Gasteiger partial charge in [-0.1, -0.05) is 42.5 Å². The summed E-state index contributed by atoms with van der Waals surface area (Å²) >= 11 is 0. The molecule has 0 bridgehead atoms. The number of aromatic nitrogens is 2. The lowest BCUT2D eigenvalue weighted by Gasteiger charge is -2.40. The number of hydrogen-bond acceptors (Lipinski definition) is 5. The molecule has 4 rings (SSSR count). The maximum atomic E-state index is 13.3. The second-order valence-electron chi connectivity index (χ2n) is 9.21. The van der Waals surface area contributed by atoms with E-state index in [1.807, 2.05) is 30.1 Å². The van der Waals surface area contributed by atoms with E-state index in [2.05, 4.69) is 17.2 Å². The number of ether oxygens (including phenoxy) is 1. The molecule has 0 spiro atoms. The van der Waals surface area contributed by atoms with Gasteiger partial charge in [-0.2, -0.15) is 5.10 Å². The predicted octanol–water partition coefficient (Wildman–Crippen LogP) is 3.44. The summed E-state index contributed by atoms with van der Waals surface area (Å²) in [5.74, 6) is -0.594. The van der Waals surface area contributed by atoms with Crippen molar-refractivity contribution >= 4 is 17.8 Å². The molecule has 1 saturated heterocycles. The fourth-order valence-electron chi connectivity index (χ4n) is 4.95. The molecule has 188 valence electrons. The molecule has 2 aromatic carbocycles. The second kappa shape index (κ2) is 11.2. The van der Waals surface area contributed by atoms with Gasteiger partial charge in [-0.3, -0.25) is 14.3 Å². The van der Waals surface area contributed by atoms with Crippen LogP contribution in [0, 0.1) is 5.92 Å². The van der Waals surface area contributed by atoms with Crippen LogP contribution in [0.2, 0.25) is 0 Å². The van der Waals surface area contributed by atoms with E-state index < -0.39 is 5.97 Å². The molecular formula is C28H32N4O4. The molecular weight excluding hydrogens is 456 g/mol. The number of carbonyl (C=O) groups excluding carboxylic acids is 3. The number of piperidine rings is 1. The zero-order valence-electron chi connectivity index (χ0n) is 21.0. The lowest BCUT2D eigenvalue weighted by atomic mass is 9.84. The number of methoxy groups -OCH3 is 1. The zero-order chi connectivity index (χ0) is 25.7. The summed E-state index contributed by atoms with van der Waals surface area (Å²) in [5, 5.41) is 4.30. The van der Waals surface area contributed by atoms with Gasteiger partial charge in [0.25, 0.3) is 11.8 Å². The van der Waals surface area contributed by atoms with Crippen molar-refractivity contribution in [2.24, 2.45) is 13.0 Å². The number of amides is 2. The first-order chi connectivity index (χ1) is 17.4. The van der Waals surface area contributed by atoms with Crippen molar-refractivity contribution in [2.75, 3.05) is 27.2 Å². The van der Waals surface area contributed by atoms with E-state index in [1.54, 1.807) is 53.2 Å². The number of nitrogens with zero attached hydrogens (tertiary/aromatic N) is 4. The lowest BCUT2D eigenvalue weighted by Crippen LogP contribution is -2.48. The predicted molar refractivity (Wildman–Crippen MR) is 136 cm³/mol. The second-order valence-corrected chi connectivity index (χ2v) is 9.21. The van der Waals surface area contributed by atoms with E-state index in [0.717, 1.165) is 24.8 Å². The molecule has 1 unspecified atom stereocenters. The van der Waals surface area contributed by atoms with Crippen molar-refractivity contribution in [3.8, 4) is 0 Å². The number of aryl methyl sites for hydroxylation is 1. The van der Waals surface area contributed by atoms with Crippen LogP contribution >= 0.6 is 0 Å². The van der Waals surface area contributed by atoms with Gasteiger partial charge in [0.2, 0.25) is 0 Å². The van der Waals surface area contributed by atoms with E-state index in [0.29, 0.717) is 24.3 Å². The van der Waals surface area contributed by atoms with Gasteiger partial charge in [0.05, 0.1) is 18.2 Å². The van der Waals surface area contributed by atoms with E-state index in [1.165, 1.54) is 7.11 Å². The van der Waals surface area contributed by atoms with Crippen LogP contribution < -0.4 is 0 Å². The minimum Gasteiger partial charge on any atom is -0.465 e. The topological polar surface area (TPSA) is 84.7 Å². The van der Waals surface area contributed by atoms with Crippen LogP contribution in [0.15, 0.2) is 66.9 Å². The molecule has 2 heterocycles. The Kier molecular flexibility index (Phi) is 7.83. The van der Waals surface area contributed by atoms with Crippen molar-refractivity contribution < 1.29 is 19.1 Å². The molecule has 1 aliphatic rings. The molecule has 0 aliphatic carbocycles. The van der Waals surface area contributed by atoms with Gasteiger partial charge in [-0.15, -0.1) is 0 Å². The number of hydrogen-bond donors (Lipinski definition) is 0. The SMILES string of the molecule is COC(=O)c1ccccc1C(=O)N1CCC(C(Cc2ccccc2)N(C)C(=O)c2ccn(C)n2)CC1. The molecule has 0 radical (unpaired) electrons. The first-order valence-electron chi connectivity index (χ1n) is 12.2. The molecule has 1 aromatic heterocycles. The Morgan fingerprint density at radius 2 is 1.64 bits per heavy atom. The number of rotatable bonds is 7. The third kappa shape index (κ3) is 5.48. The zero-order valence-corrected chi connectivity index (χ0v) is 21.0. The average molecular weight is 489 g/mol. The summed E-state index contributed by atoms with van der Waals surface area (Å²) in [5.41, 5.74) is 2.21. The molecule has 8 nitrogen and oxygen atoms in total. The average Bonchev–Trinajstić information content (AvgIpc) is 3.37. The van der Waals surface area contributed by atoms with Gasteiger partial charge in [0.15, 0.2) is 0 Å². The highest BCUT2D eigenvalue weighted by atomic mass is 16.5. The lowest BCUT2D eigenvalue weighted by molar-refractivity contribution is 0.0512. The van der Waals surface area contributed by atoms with E-state index >= 15 is 0 Å². The molecule has 36 heavy (non-hydrogen) atoms. The van der Waals surface area contributed by atoms with Crippen LogP contribution in [-0.4, -0.2) is 70.7 Å². The Bertz CT molecular complexity index is 1220. The molecule has 0 N–H and O–H groups in total. The van der Waals surface area contributed by atoms with Crippen molar-refractivity contribution in [3.05, 3.63) is 89.2 Å². The number of benzene rings is 2. The van der Waals surface area contributed by atoms with Crippen LogP contribution in [-0.2, 0) is 18.2 Å². The minimum absolute atomic E-state index is 0.0403. The van der Waals surface area contributed by atoms with Gasteiger partial charge in [0.1, 0.15) is 5.69 Å². The van der Waals surface area contributed by atoms with Crippen molar-refractivity contribution in [1.82, 2.24) is 19.6 Å². The highest BCUT2D eigenvalue weighted by Crippen LogP contribution is 2.28. The molecule has 1 atom stereocenters. The van der Waals surface area contributed by atoms with Crippen LogP contribution in [0.1, 0.15) is 49.6 Å². The Labute approximate surface area is 211 Å². The Hall–Kier alpha value is -3.94. The number of likely N-dealkylation sites (N-methyl/N-ethyl adjacent to an activating group) is 1. The Morgan fingerprint density at radius 1 is 1.00 bits per heavy atom. The highest BCUT2D eigenvalue weighted by molar-refractivity contribution is 6.05. The van der Waals surface area contributed by atoms with Gasteiger partial charge in [-0.25, -0.2) is 4.79 Å². The standard InChI is InChI=1S/C28H32N4O4/c1-30-16-15-24(29-30)27(34)31(2)25(19-20-9-5-4-6-10-20)21-13-17-32(18-14-21)26(33)22-11-7-8-12-23(22)28(35)36-3/h4-12,15-16,21,25H,13-14,17-19H2,1-3H3. The van der Waals surface area contributed by atoms with Gasteiger partial charge >= 0.3 is 5.97 Å². The summed E-state index contributed by atoms with van der Waals surface area (Å²) in [7, 11) is 4.95. The summed E-state index contributed by atoms with van der Waals surface area (Å²) in [6.07, 6.45) is 4.00. The molecule has 1 aliphatic heterocycles. The molecule has 1 fully saturated rings. The quantitative estimate of drug-likeness (QED) is 0.476. The maximum Gasteiger partial charge on any atom is 0.338 e. The Balaban J connectivity index is 1.50. The number of likely N-dealkylation sites (tertiary alicyclic amines) is 1. The summed E-state index contributed by atoms with van der Waals surface area (Å²) in [6, 6.07) is 18.6. The van der Waals surface area contributed by atoms with Gasteiger partial charge in [0, 0.05) is 39.4 Å². The van der Waals surface area contributed by atoms with Gasteiger partial charge < -0.3 is 14.5 Å². The molecule has 0 saturated carbocycles. The summed E-state index contributed by atoms with van der Waals surface area (Å²) in [6.45, 7) is 1.10. The monoisotopic (exact) mass is 488 g/mol. The van der Waals surface area contributed by atoms with E-state index in [4.69, 9.17) is 4.74 Å². The normalized spacial score (nSPS) is 14.8. The van der Waals surface area contributed by atoms with E-state index in [9.17, 15) is 14.4 Å². The van der Waals surface area contributed by atoms with Crippen LogP contribution in [0.5, 0.6) is 0 Å². The van der Waals surface area contributed by atoms with Crippen molar-refractivity contribution in [3.63, 3.8) is 0 Å². The maximum absolute atomic E-state index is 13.3. The molecule has 3 aromatic rings. The third-order valence-electron chi connectivity index (χ3n) is 6.97. The van der Waals surface area contributed by atoms with Crippen molar-refractivity contribution in [1.29, 1.82) is 0 Å². The fourth-order valence-corrected chi connectivity index (χ4v) is 4.95. The van der Waals surface area contributed by atoms with Crippen molar-refractivity contribution in [2.45, 2.75) is 25.3 Å². The summed E-state index contributed by atoms with van der Waals surface area (Å²) < 4.78 is 6.48. The van der Waals surface area contributed by atoms with Crippen LogP contribution in [0.4, 0.5) is 0 Å². The minimum atomic E-state index is -0.522. The number of carbonyl (C=O) groups is 3. The van der Waals surface area contributed by atoms with E-state index in [-0.39, 0.29) is 29.3 Å². The third-order valence-corrected chi connectivity index (χ3v) is 6.97. The largest absolute Gasteiger partial charge is 0.465 e. The smallest absolute Gasteiger partial charge is 0.338 e. The number of esters is 1. The highest BCUT2D eigenvalue weighted by Gasteiger charge is 2.34. The molecule has 2 amide bonds. The van der Waals surface area contributed by atoms with Crippen LogP contribution in [0.3, 0.4) is 0 Å². The first kappa shape index (κ1) is 25.2. The van der Waals surface area contributed by atoms with Crippen LogP contribution in [0.25, 0.3) is 0 Å².